The van der Waals surface area contributed by atoms with Gasteiger partial charge in [0, 0.05) is 23.1 Å². The Kier molecular flexibility index (Phi) is 6.42. The topological polar surface area (TPSA) is 72.6 Å². The van der Waals surface area contributed by atoms with E-state index in [4.69, 9.17) is 16.3 Å². The van der Waals surface area contributed by atoms with E-state index in [9.17, 15) is 9.18 Å². The van der Waals surface area contributed by atoms with E-state index >= 15 is 0 Å². The molecule has 1 aliphatic carbocycles. The summed E-state index contributed by atoms with van der Waals surface area (Å²) < 4.78 is 22.1. The van der Waals surface area contributed by atoms with E-state index in [0.29, 0.717) is 17.4 Å². The fourth-order valence-electron chi connectivity index (χ4n) is 5.39. The zero-order valence-corrected chi connectivity index (χ0v) is 21.1. The molecule has 1 saturated carbocycles. The molecule has 2 atom stereocenters. The molecule has 9 heteroatoms. The first-order chi connectivity index (χ1) is 16.7. The summed E-state index contributed by atoms with van der Waals surface area (Å²) in [6.07, 6.45) is 7.44. The number of halogens is 2. The van der Waals surface area contributed by atoms with Crippen molar-refractivity contribution in [2.24, 2.45) is 16.8 Å². The van der Waals surface area contributed by atoms with Gasteiger partial charge in [0.05, 0.1) is 18.8 Å². The second kappa shape index (κ2) is 9.37. The van der Waals surface area contributed by atoms with Gasteiger partial charge in [0.2, 0.25) is 0 Å². The fraction of sp³-hybridized carbons (Fsp3) is 0.538. The number of alkyl halides is 1. The van der Waals surface area contributed by atoms with E-state index in [0.717, 1.165) is 42.8 Å². The summed E-state index contributed by atoms with van der Waals surface area (Å²) in [5, 5.41) is 9.71. The van der Waals surface area contributed by atoms with Crippen LogP contribution in [0.5, 0.6) is 0 Å². The van der Waals surface area contributed by atoms with Crippen molar-refractivity contribution in [1.29, 1.82) is 0 Å². The molecule has 1 aromatic heterocycles. The van der Waals surface area contributed by atoms with Crippen molar-refractivity contribution in [3.05, 3.63) is 52.6 Å². The molecule has 186 valence electrons. The molecule has 35 heavy (non-hydrogen) atoms. The number of fused-ring (bicyclic) bond motifs is 3. The van der Waals surface area contributed by atoms with Crippen LogP contribution in [0, 0.1) is 11.8 Å². The standard InChI is InChI=1S/C26H31ClFN5O2/c1-26(2,3)35-25(34)32-14-18-13-19(27)10-11-21(18)33-22(15-32)30-31-24(33)17-8-6-16(7-9-17)20-5-4-12-29-23(20)28/h4-5,10-13,16-17,20,23H,6-9,14-15H2,1-3H3. The molecule has 5 rings (SSSR count). The number of ether oxygens (including phenoxy) is 1. The molecule has 1 amide bonds. The lowest BCUT2D eigenvalue weighted by Crippen LogP contribution is -2.35. The summed E-state index contributed by atoms with van der Waals surface area (Å²) in [5.74, 6) is 1.92. The average Bonchev–Trinajstić information content (AvgIpc) is 3.14. The van der Waals surface area contributed by atoms with Crippen LogP contribution in [0.4, 0.5) is 9.18 Å². The molecular weight excluding hydrogens is 469 g/mol. The van der Waals surface area contributed by atoms with Crippen LogP contribution in [0.25, 0.3) is 5.69 Å². The first kappa shape index (κ1) is 24.0. The summed E-state index contributed by atoms with van der Waals surface area (Å²) >= 11 is 6.33. The molecule has 7 nitrogen and oxygen atoms in total. The van der Waals surface area contributed by atoms with Crippen LogP contribution in [0.3, 0.4) is 0 Å². The minimum atomic E-state index is -1.15. The second-order valence-electron chi connectivity index (χ2n) is 10.7. The smallest absolute Gasteiger partial charge is 0.411 e. The van der Waals surface area contributed by atoms with Crippen molar-refractivity contribution in [3.8, 4) is 5.69 Å². The van der Waals surface area contributed by atoms with Crippen LogP contribution in [0.2, 0.25) is 5.02 Å². The highest BCUT2D eigenvalue weighted by Crippen LogP contribution is 2.42. The number of allylic oxidation sites excluding steroid dienone is 1. The van der Waals surface area contributed by atoms with E-state index in [1.54, 1.807) is 11.1 Å². The molecular formula is C26H31ClFN5O2. The summed E-state index contributed by atoms with van der Waals surface area (Å²) in [4.78, 5) is 18.5. The normalized spacial score (nSPS) is 26.1. The van der Waals surface area contributed by atoms with Gasteiger partial charge in [-0.2, -0.15) is 0 Å². The number of nitrogens with zero attached hydrogens (tertiary/aromatic N) is 5. The lowest BCUT2D eigenvalue weighted by Gasteiger charge is -2.33. The fourth-order valence-corrected chi connectivity index (χ4v) is 5.59. The van der Waals surface area contributed by atoms with Crippen molar-refractivity contribution < 1.29 is 13.9 Å². The molecule has 1 aromatic carbocycles. The number of hydrogen-bond acceptors (Lipinski definition) is 5. The Morgan fingerprint density at radius 2 is 1.91 bits per heavy atom. The van der Waals surface area contributed by atoms with Crippen LogP contribution in [0.15, 0.2) is 35.3 Å². The first-order valence-corrected chi connectivity index (χ1v) is 12.6. The zero-order valence-electron chi connectivity index (χ0n) is 20.3. The van der Waals surface area contributed by atoms with E-state index in [1.807, 2.05) is 51.1 Å². The molecule has 0 N–H and O–H groups in total. The van der Waals surface area contributed by atoms with Crippen LogP contribution in [-0.4, -0.2) is 43.9 Å². The Morgan fingerprint density at radius 3 is 2.63 bits per heavy atom. The molecule has 0 bridgehead atoms. The van der Waals surface area contributed by atoms with Gasteiger partial charge in [-0.25, -0.2) is 9.18 Å². The number of rotatable bonds is 2. The molecule has 2 aliphatic heterocycles. The Balaban J connectivity index is 1.42. The van der Waals surface area contributed by atoms with E-state index in [1.165, 1.54) is 0 Å². The molecule has 1 fully saturated rings. The third-order valence-corrected chi connectivity index (χ3v) is 7.26. The minimum Gasteiger partial charge on any atom is -0.444 e. The van der Waals surface area contributed by atoms with E-state index < -0.39 is 18.0 Å². The zero-order chi connectivity index (χ0) is 24.7. The highest BCUT2D eigenvalue weighted by atomic mass is 35.5. The molecule has 0 saturated heterocycles. The molecule has 3 heterocycles. The lowest BCUT2D eigenvalue weighted by molar-refractivity contribution is 0.0214. The van der Waals surface area contributed by atoms with Gasteiger partial charge in [0.25, 0.3) is 0 Å². The maximum Gasteiger partial charge on any atom is 0.411 e. The van der Waals surface area contributed by atoms with Crippen molar-refractivity contribution in [1.82, 2.24) is 19.7 Å². The summed E-state index contributed by atoms with van der Waals surface area (Å²) in [6, 6.07) is 5.71. The molecule has 0 spiro atoms. The highest BCUT2D eigenvalue weighted by Gasteiger charge is 2.36. The SMILES string of the molecule is CC(C)(C)OC(=O)N1Cc2cc(Cl)ccc2-n2c(nnc2C2CCC(C3C=CC=NC3F)CC2)C1. The highest BCUT2D eigenvalue weighted by molar-refractivity contribution is 6.30. The van der Waals surface area contributed by atoms with Gasteiger partial charge in [-0.3, -0.25) is 14.5 Å². The lowest BCUT2D eigenvalue weighted by atomic mass is 9.74. The van der Waals surface area contributed by atoms with Crippen molar-refractivity contribution in [2.75, 3.05) is 0 Å². The summed E-state index contributed by atoms with van der Waals surface area (Å²) in [7, 11) is 0. The Bertz CT molecular complexity index is 1160. The number of amides is 1. The number of hydrogen-bond donors (Lipinski definition) is 0. The Morgan fingerprint density at radius 1 is 1.14 bits per heavy atom. The predicted octanol–water partition coefficient (Wildman–Crippen LogP) is 6.00. The second-order valence-corrected chi connectivity index (χ2v) is 11.1. The number of benzene rings is 1. The van der Waals surface area contributed by atoms with Gasteiger partial charge in [0.15, 0.2) is 12.1 Å². The Labute approximate surface area is 210 Å². The number of dihydropyridines is 1. The maximum atomic E-state index is 14.3. The average molecular weight is 500 g/mol. The van der Waals surface area contributed by atoms with Gasteiger partial charge >= 0.3 is 6.09 Å². The largest absolute Gasteiger partial charge is 0.444 e. The first-order valence-electron chi connectivity index (χ1n) is 12.2. The minimum absolute atomic E-state index is 0.151. The van der Waals surface area contributed by atoms with Crippen molar-refractivity contribution in [2.45, 2.75) is 77.4 Å². The van der Waals surface area contributed by atoms with Crippen LogP contribution in [-0.2, 0) is 17.8 Å². The van der Waals surface area contributed by atoms with Gasteiger partial charge in [-0.15, -0.1) is 10.2 Å². The monoisotopic (exact) mass is 499 g/mol. The predicted molar refractivity (Wildman–Crippen MR) is 133 cm³/mol. The van der Waals surface area contributed by atoms with Crippen molar-refractivity contribution in [3.63, 3.8) is 0 Å². The van der Waals surface area contributed by atoms with Crippen LogP contribution in [0.1, 0.15) is 69.6 Å². The van der Waals surface area contributed by atoms with E-state index in [2.05, 4.69) is 19.8 Å². The van der Waals surface area contributed by atoms with Crippen LogP contribution < -0.4 is 0 Å². The summed E-state index contributed by atoms with van der Waals surface area (Å²) in [5.41, 5.74) is 1.25. The Hall–Kier alpha value is -2.74. The molecule has 2 aromatic rings. The number of aromatic nitrogens is 3. The number of aliphatic imine (C=N–C) groups is 1. The van der Waals surface area contributed by atoms with Gasteiger partial charge in [-0.1, -0.05) is 17.7 Å². The van der Waals surface area contributed by atoms with Gasteiger partial charge in [0.1, 0.15) is 11.4 Å². The number of carbonyl (C=O) groups excluding carboxylic acids is 1. The van der Waals surface area contributed by atoms with Gasteiger partial charge < -0.3 is 4.74 Å². The third kappa shape index (κ3) is 4.99. The third-order valence-electron chi connectivity index (χ3n) is 7.03. The molecule has 2 unspecified atom stereocenters. The molecule has 3 aliphatic rings. The van der Waals surface area contributed by atoms with Gasteiger partial charge in [-0.05, 0) is 82.2 Å². The number of carbonyl (C=O) groups is 1. The maximum absolute atomic E-state index is 14.3. The van der Waals surface area contributed by atoms with E-state index in [-0.39, 0.29) is 24.3 Å². The van der Waals surface area contributed by atoms with Crippen LogP contribution >= 0.6 is 11.6 Å². The quantitative estimate of drug-likeness (QED) is 0.475. The molecule has 0 radical (unpaired) electrons. The van der Waals surface area contributed by atoms with Crippen molar-refractivity contribution >= 4 is 23.9 Å². The summed E-state index contributed by atoms with van der Waals surface area (Å²) in [6.45, 7) is 6.21.